The molecule has 1 rings (SSSR count). The Hall–Kier alpha value is -0.120. The molecule has 0 spiro atoms. The second-order valence-electron chi connectivity index (χ2n) is 6.38. The predicted molar refractivity (Wildman–Crippen MR) is 80.1 cm³/mol. The zero-order chi connectivity index (χ0) is 13.4. The Bertz CT molecular complexity index is 206. The van der Waals surface area contributed by atoms with Gasteiger partial charge in [0.15, 0.2) is 0 Å². The summed E-state index contributed by atoms with van der Waals surface area (Å²) in [6.45, 7) is 7.12. The van der Waals surface area contributed by atoms with Gasteiger partial charge in [-0.3, -0.25) is 0 Å². The van der Waals surface area contributed by atoms with Gasteiger partial charge in [0.25, 0.3) is 0 Å². The van der Waals surface area contributed by atoms with Crippen molar-refractivity contribution >= 4 is 0 Å². The fraction of sp³-hybridized carbons (Fsp3) is 1.00. The number of nitrogens with zero attached hydrogens (tertiary/aromatic N) is 2. The number of likely N-dealkylation sites (N-methyl/N-ethyl adjacent to an activating group) is 1. The van der Waals surface area contributed by atoms with Gasteiger partial charge < -0.3 is 15.1 Å². The molecular formula is C15H33N3. The molecule has 3 nitrogen and oxygen atoms in total. The first kappa shape index (κ1) is 15.9. The van der Waals surface area contributed by atoms with Gasteiger partial charge in [-0.2, -0.15) is 0 Å². The van der Waals surface area contributed by atoms with Crippen LogP contribution < -0.4 is 5.32 Å². The minimum absolute atomic E-state index is 0.781. The number of rotatable bonds is 8. The van der Waals surface area contributed by atoms with Gasteiger partial charge in [0, 0.05) is 19.1 Å². The van der Waals surface area contributed by atoms with E-state index < -0.39 is 0 Å². The monoisotopic (exact) mass is 255 g/mol. The van der Waals surface area contributed by atoms with Crippen LogP contribution in [-0.4, -0.2) is 63.2 Å². The van der Waals surface area contributed by atoms with Crippen LogP contribution in [0, 0.1) is 5.92 Å². The third-order valence-electron chi connectivity index (χ3n) is 4.01. The molecular weight excluding hydrogens is 222 g/mol. The summed E-state index contributed by atoms with van der Waals surface area (Å²) in [6, 6.07) is 0.781. The topological polar surface area (TPSA) is 18.5 Å². The first-order valence-corrected chi connectivity index (χ1v) is 7.64. The van der Waals surface area contributed by atoms with Crippen molar-refractivity contribution in [2.24, 2.45) is 5.92 Å². The number of hydrogen-bond donors (Lipinski definition) is 1. The van der Waals surface area contributed by atoms with Crippen LogP contribution in [0.5, 0.6) is 0 Å². The summed E-state index contributed by atoms with van der Waals surface area (Å²) in [5.74, 6) is 0.925. The second-order valence-corrected chi connectivity index (χ2v) is 6.38. The van der Waals surface area contributed by atoms with Crippen LogP contribution in [0.3, 0.4) is 0 Å². The Kier molecular flexibility index (Phi) is 7.87. The standard InChI is InChI=1S/C15H33N3/c1-14-7-5-8-15(13-14)16-9-12-18(4)11-6-10-17(2)3/h14-16H,5-13H2,1-4H3. The Morgan fingerprint density at radius 1 is 1.06 bits per heavy atom. The van der Waals surface area contributed by atoms with Crippen LogP contribution in [-0.2, 0) is 0 Å². The molecule has 3 heteroatoms. The molecule has 1 saturated carbocycles. The van der Waals surface area contributed by atoms with E-state index in [0.717, 1.165) is 18.5 Å². The smallest absolute Gasteiger partial charge is 0.0104 e. The van der Waals surface area contributed by atoms with Gasteiger partial charge >= 0.3 is 0 Å². The molecule has 0 aromatic carbocycles. The van der Waals surface area contributed by atoms with Crippen molar-refractivity contribution in [2.75, 3.05) is 47.3 Å². The summed E-state index contributed by atoms with van der Waals surface area (Å²) >= 11 is 0. The van der Waals surface area contributed by atoms with Crippen LogP contribution in [0.1, 0.15) is 39.0 Å². The lowest BCUT2D eigenvalue weighted by Crippen LogP contribution is -2.38. The highest BCUT2D eigenvalue weighted by Gasteiger charge is 2.17. The van der Waals surface area contributed by atoms with E-state index in [0.29, 0.717) is 0 Å². The molecule has 108 valence electrons. The molecule has 0 aromatic rings. The molecule has 0 heterocycles. The largest absolute Gasteiger partial charge is 0.313 e. The Balaban J connectivity index is 1.99. The first-order chi connectivity index (χ1) is 8.58. The van der Waals surface area contributed by atoms with Gasteiger partial charge in [-0.15, -0.1) is 0 Å². The van der Waals surface area contributed by atoms with Gasteiger partial charge in [-0.05, 0) is 59.4 Å². The molecule has 1 aliphatic rings. The molecule has 1 fully saturated rings. The average molecular weight is 255 g/mol. The fourth-order valence-corrected chi connectivity index (χ4v) is 2.85. The molecule has 1 aliphatic carbocycles. The van der Waals surface area contributed by atoms with Crippen LogP contribution >= 0.6 is 0 Å². The summed E-state index contributed by atoms with van der Waals surface area (Å²) in [7, 11) is 6.53. The molecule has 0 aromatic heterocycles. The molecule has 2 unspecified atom stereocenters. The molecule has 1 N–H and O–H groups in total. The molecule has 2 atom stereocenters. The molecule has 0 aliphatic heterocycles. The van der Waals surface area contributed by atoms with E-state index in [1.54, 1.807) is 0 Å². The van der Waals surface area contributed by atoms with Crippen molar-refractivity contribution < 1.29 is 0 Å². The normalized spacial score (nSPS) is 25.0. The van der Waals surface area contributed by atoms with E-state index in [1.807, 2.05) is 0 Å². The zero-order valence-electron chi connectivity index (χ0n) is 12.9. The quantitative estimate of drug-likeness (QED) is 0.716. The second kappa shape index (κ2) is 8.89. The predicted octanol–water partition coefficient (Wildman–Crippen LogP) is 2.04. The lowest BCUT2D eigenvalue weighted by molar-refractivity contribution is 0.269. The third kappa shape index (κ3) is 7.34. The van der Waals surface area contributed by atoms with Crippen molar-refractivity contribution in [2.45, 2.75) is 45.1 Å². The molecule has 0 radical (unpaired) electrons. The maximum atomic E-state index is 3.73. The molecule has 18 heavy (non-hydrogen) atoms. The summed E-state index contributed by atoms with van der Waals surface area (Å²) < 4.78 is 0. The van der Waals surface area contributed by atoms with Crippen LogP contribution in [0.2, 0.25) is 0 Å². The van der Waals surface area contributed by atoms with E-state index in [9.17, 15) is 0 Å². The first-order valence-electron chi connectivity index (χ1n) is 7.64. The van der Waals surface area contributed by atoms with Crippen molar-refractivity contribution in [3.05, 3.63) is 0 Å². The van der Waals surface area contributed by atoms with Crippen LogP contribution in [0.4, 0.5) is 0 Å². The summed E-state index contributed by atoms with van der Waals surface area (Å²) in [5, 5.41) is 3.73. The molecule has 0 bridgehead atoms. The van der Waals surface area contributed by atoms with Crippen molar-refractivity contribution in [3.63, 3.8) is 0 Å². The van der Waals surface area contributed by atoms with Gasteiger partial charge in [0.05, 0.1) is 0 Å². The van der Waals surface area contributed by atoms with Crippen LogP contribution in [0.25, 0.3) is 0 Å². The third-order valence-corrected chi connectivity index (χ3v) is 4.01. The molecule has 0 saturated heterocycles. The van der Waals surface area contributed by atoms with Crippen molar-refractivity contribution in [3.8, 4) is 0 Å². The van der Waals surface area contributed by atoms with Gasteiger partial charge in [0.2, 0.25) is 0 Å². The Morgan fingerprint density at radius 3 is 2.50 bits per heavy atom. The average Bonchev–Trinajstić information content (AvgIpc) is 2.28. The maximum absolute atomic E-state index is 3.73. The highest BCUT2D eigenvalue weighted by molar-refractivity contribution is 4.76. The van der Waals surface area contributed by atoms with E-state index in [4.69, 9.17) is 0 Å². The van der Waals surface area contributed by atoms with Crippen molar-refractivity contribution in [1.82, 2.24) is 15.1 Å². The highest BCUT2D eigenvalue weighted by Crippen LogP contribution is 2.23. The van der Waals surface area contributed by atoms with Crippen LogP contribution in [0.15, 0.2) is 0 Å². The fourth-order valence-electron chi connectivity index (χ4n) is 2.85. The Labute approximate surface area is 114 Å². The summed E-state index contributed by atoms with van der Waals surface area (Å²) in [6.07, 6.45) is 6.88. The van der Waals surface area contributed by atoms with Gasteiger partial charge in [-0.25, -0.2) is 0 Å². The van der Waals surface area contributed by atoms with E-state index in [2.05, 4.69) is 43.2 Å². The highest BCUT2D eigenvalue weighted by atomic mass is 15.1. The van der Waals surface area contributed by atoms with Gasteiger partial charge in [-0.1, -0.05) is 19.8 Å². The number of nitrogens with one attached hydrogen (secondary N) is 1. The number of hydrogen-bond acceptors (Lipinski definition) is 3. The van der Waals surface area contributed by atoms with Crippen molar-refractivity contribution in [1.29, 1.82) is 0 Å². The molecule has 0 amide bonds. The van der Waals surface area contributed by atoms with Gasteiger partial charge in [0.1, 0.15) is 0 Å². The summed E-state index contributed by atoms with van der Waals surface area (Å²) in [4.78, 5) is 4.71. The minimum atomic E-state index is 0.781. The van der Waals surface area contributed by atoms with E-state index in [-0.39, 0.29) is 0 Å². The van der Waals surface area contributed by atoms with E-state index in [1.165, 1.54) is 51.7 Å². The lowest BCUT2D eigenvalue weighted by atomic mass is 9.87. The maximum Gasteiger partial charge on any atom is 0.0104 e. The Morgan fingerprint density at radius 2 is 1.83 bits per heavy atom. The minimum Gasteiger partial charge on any atom is -0.313 e. The zero-order valence-corrected chi connectivity index (χ0v) is 12.9. The lowest BCUT2D eigenvalue weighted by Gasteiger charge is -2.28. The summed E-state index contributed by atoms with van der Waals surface area (Å²) in [5.41, 5.74) is 0. The van der Waals surface area contributed by atoms with E-state index >= 15 is 0 Å². The SMILES string of the molecule is CC1CCCC(NCCN(C)CCCN(C)C)C1.